The second kappa shape index (κ2) is 4.53. The summed E-state index contributed by atoms with van der Waals surface area (Å²) in [6, 6.07) is 6.84. The van der Waals surface area contributed by atoms with Crippen molar-refractivity contribution in [1.82, 2.24) is 4.98 Å². The van der Waals surface area contributed by atoms with Gasteiger partial charge < -0.3 is 10.5 Å². The summed E-state index contributed by atoms with van der Waals surface area (Å²) in [5, 5.41) is 0. The first-order valence-corrected chi connectivity index (χ1v) is 6.31. The van der Waals surface area contributed by atoms with Crippen molar-refractivity contribution in [3.8, 4) is 5.75 Å². The highest BCUT2D eigenvalue weighted by Crippen LogP contribution is 2.37. The molecule has 3 nitrogen and oxygen atoms in total. The first kappa shape index (κ1) is 12.0. The molecule has 2 aromatic rings. The van der Waals surface area contributed by atoms with Crippen LogP contribution in [0.4, 0.5) is 10.1 Å². The van der Waals surface area contributed by atoms with Gasteiger partial charge in [0.2, 0.25) is 0 Å². The van der Waals surface area contributed by atoms with Gasteiger partial charge in [0.15, 0.2) is 0 Å². The van der Waals surface area contributed by atoms with Crippen molar-refractivity contribution < 1.29 is 9.13 Å². The highest BCUT2D eigenvalue weighted by molar-refractivity contribution is 5.55. The lowest BCUT2D eigenvalue weighted by atomic mass is 9.97. The van der Waals surface area contributed by atoms with Crippen LogP contribution in [0, 0.1) is 12.7 Å². The number of fused-ring (bicyclic) bond motifs is 1. The minimum absolute atomic E-state index is 0.323. The van der Waals surface area contributed by atoms with Gasteiger partial charge in [0.1, 0.15) is 23.4 Å². The lowest BCUT2D eigenvalue weighted by Gasteiger charge is -2.26. The van der Waals surface area contributed by atoms with Crippen LogP contribution in [0.2, 0.25) is 0 Å². The molecule has 0 amide bonds. The Kier molecular flexibility index (Phi) is 2.85. The molecule has 0 fully saturated rings. The SMILES string of the molecule is Cc1cc2c(cc1N)OC(c1ncccc1F)CC2. The molecule has 1 aromatic carbocycles. The second-order valence-corrected chi connectivity index (χ2v) is 4.83. The minimum Gasteiger partial charge on any atom is -0.484 e. The number of aryl methyl sites for hydroxylation is 2. The molecule has 1 aliphatic rings. The molecule has 2 heterocycles. The van der Waals surface area contributed by atoms with Gasteiger partial charge in [0.25, 0.3) is 0 Å². The lowest BCUT2D eigenvalue weighted by Crippen LogP contribution is -2.18. The molecule has 98 valence electrons. The van der Waals surface area contributed by atoms with Crippen molar-refractivity contribution in [2.45, 2.75) is 25.9 Å². The first-order chi connectivity index (χ1) is 9.15. The van der Waals surface area contributed by atoms with Gasteiger partial charge in [-0.05, 0) is 43.0 Å². The van der Waals surface area contributed by atoms with Crippen LogP contribution in [0.1, 0.15) is 29.3 Å². The third-order valence-corrected chi connectivity index (χ3v) is 3.49. The van der Waals surface area contributed by atoms with Crippen molar-refractivity contribution in [3.63, 3.8) is 0 Å². The van der Waals surface area contributed by atoms with Gasteiger partial charge in [-0.3, -0.25) is 4.98 Å². The number of aromatic nitrogens is 1. The van der Waals surface area contributed by atoms with E-state index in [1.165, 1.54) is 6.07 Å². The largest absolute Gasteiger partial charge is 0.484 e. The van der Waals surface area contributed by atoms with E-state index in [-0.39, 0.29) is 11.9 Å². The van der Waals surface area contributed by atoms with E-state index in [0.717, 1.165) is 29.7 Å². The molecule has 19 heavy (non-hydrogen) atoms. The molecule has 0 saturated heterocycles. The van der Waals surface area contributed by atoms with Crippen molar-refractivity contribution in [2.75, 3.05) is 5.73 Å². The highest BCUT2D eigenvalue weighted by atomic mass is 19.1. The molecule has 0 aliphatic carbocycles. The van der Waals surface area contributed by atoms with Crippen LogP contribution in [0.15, 0.2) is 30.5 Å². The average Bonchev–Trinajstić information content (AvgIpc) is 2.40. The zero-order valence-electron chi connectivity index (χ0n) is 10.7. The Bertz CT molecular complexity index is 628. The van der Waals surface area contributed by atoms with Crippen LogP contribution in [0.3, 0.4) is 0 Å². The van der Waals surface area contributed by atoms with E-state index in [0.29, 0.717) is 11.4 Å². The van der Waals surface area contributed by atoms with Crippen LogP contribution in [-0.4, -0.2) is 4.98 Å². The Hall–Kier alpha value is -2.10. The molecule has 2 N–H and O–H groups in total. The molecule has 0 radical (unpaired) electrons. The van der Waals surface area contributed by atoms with Crippen molar-refractivity contribution in [3.05, 3.63) is 53.1 Å². The van der Waals surface area contributed by atoms with Gasteiger partial charge in [-0.15, -0.1) is 0 Å². The van der Waals surface area contributed by atoms with Crippen molar-refractivity contribution in [1.29, 1.82) is 0 Å². The van der Waals surface area contributed by atoms with Crippen LogP contribution in [-0.2, 0) is 6.42 Å². The van der Waals surface area contributed by atoms with Gasteiger partial charge in [0, 0.05) is 18.0 Å². The average molecular weight is 258 g/mol. The zero-order valence-corrected chi connectivity index (χ0v) is 10.7. The summed E-state index contributed by atoms with van der Waals surface area (Å²) in [5.74, 6) is 0.417. The number of anilines is 1. The summed E-state index contributed by atoms with van der Waals surface area (Å²) >= 11 is 0. The molecule has 0 spiro atoms. The molecule has 0 bridgehead atoms. The fourth-order valence-corrected chi connectivity index (χ4v) is 2.39. The van der Waals surface area contributed by atoms with E-state index in [4.69, 9.17) is 10.5 Å². The fraction of sp³-hybridized carbons (Fsp3) is 0.267. The topological polar surface area (TPSA) is 48.1 Å². The van der Waals surface area contributed by atoms with E-state index in [1.807, 2.05) is 19.1 Å². The Morgan fingerprint density at radius 1 is 1.42 bits per heavy atom. The van der Waals surface area contributed by atoms with Crippen LogP contribution < -0.4 is 10.5 Å². The maximum absolute atomic E-state index is 13.7. The highest BCUT2D eigenvalue weighted by Gasteiger charge is 2.25. The third kappa shape index (κ3) is 2.14. The molecule has 0 saturated carbocycles. The Morgan fingerprint density at radius 2 is 2.26 bits per heavy atom. The Balaban J connectivity index is 1.94. The van der Waals surface area contributed by atoms with E-state index in [2.05, 4.69) is 4.98 Å². The number of pyridine rings is 1. The number of hydrogen-bond acceptors (Lipinski definition) is 3. The monoisotopic (exact) mass is 258 g/mol. The van der Waals surface area contributed by atoms with Gasteiger partial charge in [-0.1, -0.05) is 6.07 Å². The van der Waals surface area contributed by atoms with Crippen LogP contribution in [0.25, 0.3) is 0 Å². The van der Waals surface area contributed by atoms with E-state index in [9.17, 15) is 4.39 Å². The quantitative estimate of drug-likeness (QED) is 0.799. The Labute approximate surface area is 111 Å². The number of halogens is 1. The van der Waals surface area contributed by atoms with E-state index in [1.54, 1.807) is 12.3 Å². The van der Waals surface area contributed by atoms with Gasteiger partial charge in [-0.25, -0.2) is 4.39 Å². The standard InChI is InChI=1S/C15H15FN2O/c1-9-7-10-4-5-13(19-14(10)8-12(9)17)15-11(16)3-2-6-18-15/h2-3,6-8,13H,4-5,17H2,1H3. The third-order valence-electron chi connectivity index (χ3n) is 3.49. The molecule has 1 aromatic heterocycles. The van der Waals surface area contributed by atoms with Crippen molar-refractivity contribution >= 4 is 5.69 Å². The van der Waals surface area contributed by atoms with Crippen LogP contribution in [0.5, 0.6) is 5.75 Å². The number of nitrogen functional groups attached to an aromatic ring is 1. The lowest BCUT2D eigenvalue weighted by molar-refractivity contribution is 0.167. The minimum atomic E-state index is -0.337. The molecule has 1 aliphatic heterocycles. The summed E-state index contributed by atoms with van der Waals surface area (Å²) in [6.07, 6.45) is 2.82. The maximum atomic E-state index is 13.7. The normalized spacial score (nSPS) is 17.7. The fourth-order valence-electron chi connectivity index (χ4n) is 2.39. The van der Waals surface area contributed by atoms with E-state index >= 15 is 0 Å². The number of benzene rings is 1. The Morgan fingerprint density at radius 3 is 3.05 bits per heavy atom. The number of ether oxygens (including phenoxy) is 1. The van der Waals surface area contributed by atoms with Crippen LogP contribution >= 0.6 is 0 Å². The number of nitrogens with zero attached hydrogens (tertiary/aromatic N) is 1. The number of rotatable bonds is 1. The predicted octanol–water partition coefficient (Wildman–Crippen LogP) is 3.18. The first-order valence-electron chi connectivity index (χ1n) is 6.31. The zero-order chi connectivity index (χ0) is 13.4. The molecule has 1 atom stereocenters. The molecular formula is C15H15FN2O. The van der Waals surface area contributed by atoms with Gasteiger partial charge in [-0.2, -0.15) is 0 Å². The summed E-state index contributed by atoms with van der Waals surface area (Å²) in [6.45, 7) is 1.97. The smallest absolute Gasteiger partial charge is 0.148 e. The van der Waals surface area contributed by atoms with Gasteiger partial charge in [0.05, 0.1) is 0 Å². The summed E-state index contributed by atoms with van der Waals surface area (Å²) in [7, 11) is 0. The molecular weight excluding hydrogens is 243 g/mol. The van der Waals surface area contributed by atoms with Crippen molar-refractivity contribution in [2.24, 2.45) is 0 Å². The van der Waals surface area contributed by atoms with Gasteiger partial charge >= 0.3 is 0 Å². The summed E-state index contributed by atoms with van der Waals surface area (Å²) in [4.78, 5) is 4.08. The maximum Gasteiger partial charge on any atom is 0.148 e. The number of hydrogen-bond donors (Lipinski definition) is 1. The molecule has 4 heteroatoms. The predicted molar refractivity (Wildman–Crippen MR) is 71.5 cm³/mol. The summed E-state index contributed by atoms with van der Waals surface area (Å²) < 4.78 is 19.6. The molecule has 1 unspecified atom stereocenters. The second-order valence-electron chi connectivity index (χ2n) is 4.83. The van der Waals surface area contributed by atoms with E-state index < -0.39 is 0 Å². The number of nitrogens with two attached hydrogens (primary N) is 1. The molecule has 3 rings (SSSR count). The summed E-state index contributed by atoms with van der Waals surface area (Å²) in [5.41, 5.74) is 9.12.